The molecule has 1 saturated carbocycles. The normalized spacial score (nSPS) is 17.4. The van der Waals surface area contributed by atoms with Crippen LogP contribution in [0, 0.1) is 11.7 Å². The summed E-state index contributed by atoms with van der Waals surface area (Å²) >= 11 is 5.20. The minimum absolute atomic E-state index is 0.0484. The van der Waals surface area contributed by atoms with Gasteiger partial charge in [0.1, 0.15) is 5.82 Å². The summed E-state index contributed by atoms with van der Waals surface area (Å²) in [5.74, 6) is 0.349. The first-order chi connectivity index (χ1) is 14.1. The molecule has 0 bridgehead atoms. The third-order valence-corrected chi connectivity index (χ3v) is 5.03. The molecule has 1 fully saturated rings. The molecule has 148 valence electrons. The summed E-state index contributed by atoms with van der Waals surface area (Å²) in [6, 6.07) is 18.3. The van der Waals surface area contributed by atoms with Gasteiger partial charge in [0.05, 0.1) is 6.54 Å². The fourth-order valence-corrected chi connectivity index (χ4v) is 3.39. The molecule has 1 heterocycles. The molecular formula is C21H20FN5OS. The second-order valence-corrected chi connectivity index (χ2v) is 7.33. The van der Waals surface area contributed by atoms with Gasteiger partial charge in [-0.15, -0.1) is 0 Å². The van der Waals surface area contributed by atoms with Gasteiger partial charge in [0.25, 0.3) is 0 Å². The topological polar surface area (TPSA) is 71.0 Å². The van der Waals surface area contributed by atoms with Crippen molar-refractivity contribution in [2.45, 2.75) is 18.9 Å². The molecule has 29 heavy (non-hydrogen) atoms. The summed E-state index contributed by atoms with van der Waals surface area (Å²) in [4.78, 5) is 12.3. The molecular weight excluding hydrogens is 389 g/mol. The molecule has 1 aliphatic carbocycles. The van der Waals surface area contributed by atoms with Crippen molar-refractivity contribution in [2.24, 2.45) is 5.92 Å². The van der Waals surface area contributed by atoms with Crippen LogP contribution >= 0.6 is 12.2 Å². The van der Waals surface area contributed by atoms with Crippen LogP contribution in [0.15, 0.2) is 66.9 Å². The lowest BCUT2D eigenvalue weighted by atomic mass is 10.1. The fourth-order valence-electron chi connectivity index (χ4n) is 3.23. The molecule has 0 aliphatic heterocycles. The number of thiocarbonyl (C=S) groups is 1. The molecule has 2 atom stereocenters. The van der Waals surface area contributed by atoms with Crippen LogP contribution in [0.2, 0.25) is 0 Å². The van der Waals surface area contributed by atoms with Gasteiger partial charge in [-0.3, -0.25) is 20.3 Å². The molecule has 0 spiro atoms. The second kappa shape index (κ2) is 8.40. The van der Waals surface area contributed by atoms with Crippen LogP contribution < -0.4 is 16.2 Å². The van der Waals surface area contributed by atoms with Crippen molar-refractivity contribution in [3.63, 3.8) is 0 Å². The Labute approximate surface area is 173 Å². The number of hydrazine groups is 1. The summed E-state index contributed by atoms with van der Waals surface area (Å²) in [6.07, 6.45) is 2.56. The molecule has 6 nitrogen and oxygen atoms in total. The van der Waals surface area contributed by atoms with E-state index in [0.29, 0.717) is 17.9 Å². The van der Waals surface area contributed by atoms with Crippen molar-refractivity contribution in [1.29, 1.82) is 0 Å². The Morgan fingerprint density at radius 3 is 2.66 bits per heavy atom. The summed E-state index contributed by atoms with van der Waals surface area (Å²) in [5, 5.41) is 7.44. The summed E-state index contributed by atoms with van der Waals surface area (Å²) in [6.45, 7) is 0.313. The van der Waals surface area contributed by atoms with Crippen molar-refractivity contribution in [3.8, 4) is 0 Å². The predicted molar refractivity (Wildman–Crippen MR) is 113 cm³/mol. The second-order valence-electron chi connectivity index (χ2n) is 6.92. The van der Waals surface area contributed by atoms with E-state index in [2.05, 4.69) is 21.3 Å². The number of carbonyl (C=O) groups excluding carboxylic acids is 1. The van der Waals surface area contributed by atoms with E-state index in [1.165, 1.54) is 11.6 Å². The van der Waals surface area contributed by atoms with E-state index in [-0.39, 0.29) is 28.7 Å². The Kier molecular flexibility index (Phi) is 5.53. The van der Waals surface area contributed by atoms with Crippen molar-refractivity contribution < 1.29 is 9.18 Å². The Balaban J connectivity index is 1.24. The van der Waals surface area contributed by atoms with Crippen LogP contribution in [-0.4, -0.2) is 20.8 Å². The number of benzene rings is 2. The molecule has 0 radical (unpaired) electrons. The summed E-state index contributed by atoms with van der Waals surface area (Å²) in [5.41, 5.74) is 7.07. The van der Waals surface area contributed by atoms with Gasteiger partial charge in [0, 0.05) is 23.7 Å². The number of carbonyl (C=O) groups is 1. The highest BCUT2D eigenvalue weighted by Crippen LogP contribution is 2.47. The lowest BCUT2D eigenvalue weighted by molar-refractivity contribution is -0.122. The number of anilines is 1. The van der Waals surface area contributed by atoms with Crippen molar-refractivity contribution >= 4 is 29.1 Å². The van der Waals surface area contributed by atoms with Gasteiger partial charge < -0.3 is 5.32 Å². The average Bonchev–Trinajstić information content (AvgIpc) is 3.43. The maximum atomic E-state index is 13.7. The number of nitrogens with one attached hydrogen (secondary N) is 3. The number of amides is 1. The highest BCUT2D eigenvalue weighted by molar-refractivity contribution is 7.80. The number of hydrogen-bond acceptors (Lipinski definition) is 3. The van der Waals surface area contributed by atoms with Gasteiger partial charge in [-0.1, -0.05) is 48.5 Å². The van der Waals surface area contributed by atoms with E-state index < -0.39 is 0 Å². The van der Waals surface area contributed by atoms with Gasteiger partial charge in [-0.25, -0.2) is 4.39 Å². The fraction of sp³-hybridized carbons (Fsp3) is 0.190. The Morgan fingerprint density at radius 1 is 1.10 bits per heavy atom. The van der Waals surface area contributed by atoms with E-state index in [0.717, 1.165) is 6.42 Å². The molecule has 2 aromatic carbocycles. The highest BCUT2D eigenvalue weighted by Gasteiger charge is 2.43. The van der Waals surface area contributed by atoms with Crippen LogP contribution in [0.25, 0.3) is 0 Å². The number of rotatable bonds is 5. The molecule has 4 rings (SSSR count). The van der Waals surface area contributed by atoms with E-state index in [4.69, 9.17) is 12.2 Å². The maximum Gasteiger partial charge on any atom is 0.242 e. The van der Waals surface area contributed by atoms with E-state index >= 15 is 0 Å². The third kappa shape index (κ3) is 4.78. The molecule has 3 N–H and O–H groups in total. The quantitative estimate of drug-likeness (QED) is 0.446. The zero-order valence-electron chi connectivity index (χ0n) is 15.5. The van der Waals surface area contributed by atoms with Gasteiger partial charge >= 0.3 is 0 Å². The molecule has 1 aliphatic rings. The predicted octanol–water partition coefficient (Wildman–Crippen LogP) is 3.19. The molecule has 8 heteroatoms. The zero-order valence-corrected chi connectivity index (χ0v) is 16.3. The standard InChI is InChI=1S/C21H20FN5OS/c22-18-9-5-4-8-15(18)13-27-11-10-19(26-27)23-21(29)25-24-20(28)17-12-16(17)14-6-2-1-3-7-14/h1-11,16-17H,12-13H2,(H,24,28)(H2,23,25,26,29)/t16-,17+/m1/s1. The van der Waals surface area contributed by atoms with Crippen LogP contribution in [0.1, 0.15) is 23.5 Å². The van der Waals surface area contributed by atoms with Crippen LogP contribution in [-0.2, 0) is 11.3 Å². The maximum absolute atomic E-state index is 13.7. The monoisotopic (exact) mass is 409 g/mol. The van der Waals surface area contributed by atoms with E-state index in [9.17, 15) is 9.18 Å². The van der Waals surface area contributed by atoms with Gasteiger partial charge in [-0.2, -0.15) is 5.10 Å². The number of hydrogen-bond donors (Lipinski definition) is 3. The number of halogens is 1. The molecule has 1 amide bonds. The Bertz CT molecular complexity index is 1020. The van der Waals surface area contributed by atoms with Crippen LogP contribution in [0.3, 0.4) is 0 Å². The minimum atomic E-state index is -0.272. The van der Waals surface area contributed by atoms with Gasteiger partial charge in [0.2, 0.25) is 5.91 Å². The highest BCUT2D eigenvalue weighted by atomic mass is 32.1. The van der Waals surface area contributed by atoms with Gasteiger partial charge in [-0.05, 0) is 36.2 Å². The van der Waals surface area contributed by atoms with Gasteiger partial charge in [0.15, 0.2) is 10.9 Å². The first kappa shape index (κ1) is 19.1. The van der Waals surface area contributed by atoms with Crippen molar-refractivity contribution in [2.75, 3.05) is 5.32 Å². The van der Waals surface area contributed by atoms with Crippen LogP contribution in [0.5, 0.6) is 0 Å². The van der Waals surface area contributed by atoms with Crippen LogP contribution in [0.4, 0.5) is 10.2 Å². The minimum Gasteiger partial charge on any atom is -0.315 e. The smallest absolute Gasteiger partial charge is 0.242 e. The average molecular weight is 409 g/mol. The van der Waals surface area contributed by atoms with Crippen molar-refractivity contribution in [1.82, 2.24) is 20.6 Å². The Hall–Kier alpha value is -3.26. The largest absolute Gasteiger partial charge is 0.315 e. The SMILES string of the molecule is O=C(NNC(=S)Nc1ccn(Cc2ccccc2F)n1)[C@H]1C[C@@H]1c1ccccc1. The molecule has 0 saturated heterocycles. The third-order valence-electron chi connectivity index (χ3n) is 4.83. The summed E-state index contributed by atoms with van der Waals surface area (Å²) in [7, 11) is 0. The lowest BCUT2D eigenvalue weighted by Crippen LogP contribution is -2.44. The van der Waals surface area contributed by atoms with Crippen molar-refractivity contribution in [3.05, 3.63) is 83.8 Å². The molecule has 0 unspecified atom stereocenters. The Morgan fingerprint density at radius 2 is 1.86 bits per heavy atom. The molecule has 3 aromatic rings. The molecule has 1 aromatic heterocycles. The first-order valence-electron chi connectivity index (χ1n) is 9.29. The lowest BCUT2D eigenvalue weighted by Gasteiger charge is -2.10. The number of nitrogens with zero attached hydrogens (tertiary/aromatic N) is 2. The summed E-state index contributed by atoms with van der Waals surface area (Å²) < 4.78 is 15.4. The zero-order chi connectivity index (χ0) is 20.2. The number of aromatic nitrogens is 2. The first-order valence-corrected chi connectivity index (χ1v) is 9.69. The van der Waals surface area contributed by atoms with E-state index in [1.54, 1.807) is 35.1 Å². The van der Waals surface area contributed by atoms with E-state index in [1.807, 2.05) is 30.3 Å².